The maximum atomic E-state index is 12.0. The molecule has 7 nitrogen and oxygen atoms in total. The zero-order valence-corrected chi connectivity index (χ0v) is 13.4. The van der Waals surface area contributed by atoms with Crippen molar-refractivity contribution in [2.45, 2.75) is 32.6 Å². The predicted octanol–water partition coefficient (Wildman–Crippen LogP) is 0.275. The first-order chi connectivity index (χ1) is 9.75. The second kappa shape index (κ2) is 7.74. The second-order valence-electron chi connectivity index (χ2n) is 5.51. The zero-order chi connectivity index (χ0) is 16.0. The Balaban J connectivity index is 2.42. The van der Waals surface area contributed by atoms with Crippen LogP contribution < -0.4 is 5.32 Å². The number of hydrogen-bond acceptors (Lipinski definition) is 4. The van der Waals surface area contributed by atoms with Crippen LogP contribution in [0.25, 0.3) is 0 Å². The average Bonchev–Trinajstić information content (AvgIpc) is 2.42. The Morgan fingerprint density at radius 1 is 1.33 bits per heavy atom. The van der Waals surface area contributed by atoms with Gasteiger partial charge in [-0.1, -0.05) is 13.3 Å². The van der Waals surface area contributed by atoms with E-state index in [1.54, 1.807) is 0 Å². The minimum Gasteiger partial charge on any atom is -0.481 e. The Hall–Kier alpha value is -1.15. The number of aliphatic carboxylic acids is 1. The lowest BCUT2D eigenvalue weighted by atomic mass is 9.96. The van der Waals surface area contributed by atoms with Crippen molar-refractivity contribution >= 4 is 21.9 Å². The third-order valence-electron chi connectivity index (χ3n) is 3.80. The molecule has 122 valence electrons. The lowest BCUT2D eigenvalue weighted by molar-refractivity contribution is -0.142. The van der Waals surface area contributed by atoms with Crippen LogP contribution in [0.5, 0.6) is 0 Å². The van der Waals surface area contributed by atoms with Gasteiger partial charge in [0.1, 0.15) is 0 Å². The number of hydrogen-bond donors (Lipinski definition) is 2. The van der Waals surface area contributed by atoms with Crippen LogP contribution in [0.2, 0.25) is 0 Å². The number of piperidine rings is 1. The van der Waals surface area contributed by atoms with Crippen molar-refractivity contribution in [3.63, 3.8) is 0 Å². The molecule has 1 heterocycles. The molecule has 0 aromatic heterocycles. The summed E-state index contributed by atoms with van der Waals surface area (Å²) in [7, 11) is -3.20. The fourth-order valence-corrected chi connectivity index (χ4v) is 3.35. The molecule has 1 unspecified atom stereocenters. The number of rotatable bonds is 7. The van der Waals surface area contributed by atoms with Crippen LogP contribution in [0.15, 0.2) is 0 Å². The highest BCUT2D eigenvalue weighted by Crippen LogP contribution is 2.19. The first-order valence-corrected chi connectivity index (χ1v) is 9.06. The smallest absolute Gasteiger partial charge is 0.308 e. The number of sulfonamides is 1. The maximum absolute atomic E-state index is 12.0. The topological polar surface area (TPSA) is 104 Å². The molecule has 0 radical (unpaired) electrons. The number of carboxylic acids is 1. The lowest BCUT2D eigenvalue weighted by Crippen LogP contribution is -2.43. The van der Waals surface area contributed by atoms with Gasteiger partial charge >= 0.3 is 5.97 Å². The fourth-order valence-electron chi connectivity index (χ4n) is 2.48. The van der Waals surface area contributed by atoms with Gasteiger partial charge in [0.25, 0.3) is 0 Å². The molecule has 0 aromatic rings. The SMILES string of the molecule is CCCC(CNC(=O)C1CCN(S(C)(=O)=O)CC1)C(=O)O. The first-order valence-electron chi connectivity index (χ1n) is 7.21. The van der Waals surface area contributed by atoms with E-state index in [9.17, 15) is 18.0 Å². The molecule has 1 amide bonds. The number of carbonyl (C=O) groups is 2. The van der Waals surface area contributed by atoms with E-state index in [0.717, 1.165) is 12.7 Å². The Bertz CT molecular complexity index is 469. The van der Waals surface area contributed by atoms with E-state index >= 15 is 0 Å². The van der Waals surface area contributed by atoms with Crippen molar-refractivity contribution in [2.75, 3.05) is 25.9 Å². The summed E-state index contributed by atoms with van der Waals surface area (Å²) in [6.07, 6.45) is 3.40. The van der Waals surface area contributed by atoms with Crippen LogP contribution in [0.1, 0.15) is 32.6 Å². The van der Waals surface area contributed by atoms with E-state index in [2.05, 4.69) is 5.32 Å². The summed E-state index contributed by atoms with van der Waals surface area (Å²) in [6.45, 7) is 2.72. The van der Waals surface area contributed by atoms with Crippen molar-refractivity contribution in [3.8, 4) is 0 Å². The predicted molar refractivity (Wildman–Crippen MR) is 78.2 cm³/mol. The van der Waals surface area contributed by atoms with E-state index < -0.39 is 21.9 Å². The highest BCUT2D eigenvalue weighted by atomic mass is 32.2. The van der Waals surface area contributed by atoms with Crippen LogP contribution in [0, 0.1) is 11.8 Å². The van der Waals surface area contributed by atoms with Gasteiger partial charge in [0.15, 0.2) is 0 Å². The van der Waals surface area contributed by atoms with Crippen molar-refractivity contribution in [1.82, 2.24) is 9.62 Å². The molecule has 0 bridgehead atoms. The van der Waals surface area contributed by atoms with Crippen molar-refractivity contribution in [2.24, 2.45) is 11.8 Å². The fraction of sp³-hybridized carbons (Fsp3) is 0.846. The average molecular weight is 320 g/mol. The van der Waals surface area contributed by atoms with Crippen molar-refractivity contribution in [3.05, 3.63) is 0 Å². The van der Waals surface area contributed by atoms with Gasteiger partial charge < -0.3 is 10.4 Å². The van der Waals surface area contributed by atoms with Gasteiger partial charge in [0.05, 0.1) is 12.2 Å². The van der Waals surface area contributed by atoms with Gasteiger partial charge in [-0.15, -0.1) is 0 Å². The molecule has 0 saturated carbocycles. The van der Waals surface area contributed by atoms with E-state index in [-0.39, 0.29) is 18.4 Å². The largest absolute Gasteiger partial charge is 0.481 e. The summed E-state index contributed by atoms with van der Waals surface area (Å²) >= 11 is 0. The summed E-state index contributed by atoms with van der Waals surface area (Å²) < 4.78 is 24.1. The van der Waals surface area contributed by atoms with Gasteiger partial charge in [-0.25, -0.2) is 12.7 Å². The van der Waals surface area contributed by atoms with Crippen LogP contribution in [0.4, 0.5) is 0 Å². The molecule has 0 aromatic carbocycles. The normalized spacial score (nSPS) is 19.1. The first kappa shape index (κ1) is 17.9. The molecule has 1 fully saturated rings. The zero-order valence-electron chi connectivity index (χ0n) is 12.5. The summed E-state index contributed by atoms with van der Waals surface area (Å²) in [5.41, 5.74) is 0. The molecule has 8 heteroatoms. The molecular weight excluding hydrogens is 296 g/mol. The minimum atomic E-state index is -3.20. The van der Waals surface area contributed by atoms with Gasteiger partial charge in [0.2, 0.25) is 15.9 Å². The minimum absolute atomic E-state index is 0.133. The highest BCUT2D eigenvalue weighted by molar-refractivity contribution is 7.88. The molecule has 2 N–H and O–H groups in total. The van der Waals surface area contributed by atoms with Crippen LogP contribution in [0.3, 0.4) is 0 Å². The van der Waals surface area contributed by atoms with Crippen LogP contribution in [-0.2, 0) is 19.6 Å². The van der Waals surface area contributed by atoms with E-state index in [1.165, 1.54) is 4.31 Å². The number of carboxylic acid groups (broad SMARTS) is 1. The van der Waals surface area contributed by atoms with Crippen molar-refractivity contribution in [1.29, 1.82) is 0 Å². The molecule has 0 aliphatic carbocycles. The molecule has 1 aliphatic heterocycles. The standard InChI is InChI=1S/C13H24N2O5S/c1-3-4-11(13(17)18)9-14-12(16)10-5-7-15(8-6-10)21(2,19)20/h10-11H,3-9H2,1-2H3,(H,14,16)(H,17,18). The molecule has 1 saturated heterocycles. The molecule has 21 heavy (non-hydrogen) atoms. The second-order valence-corrected chi connectivity index (χ2v) is 7.49. The van der Waals surface area contributed by atoms with E-state index in [4.69, 9.17) is 5.11 Å². The number of carbonyl (C=O) groups excluding carboxylic acids is 1. The monoisotopic (exact) mass is 320 g/mol. The number of nitrogens with one attached hydrogen (secondary N) is 1. The van der Waals surface area contributed by atoms with Gasteiger partial charge in [-0.3, -0.25) is 9.59 Å². The summed E-state index contributed by atoms with van der Waals surface area (Å²) in [4.78, 5) is 23.0. The molecular formula is C13H24N2O5S. The van der Waals surface area contributed by atoms with Gasteiger partial charge in [0, 0.05) is 25.6 Å². The quantitative estimate of drug-likeness (QED) is 0.701. The number of amides is 1. The highest BCUT2D eigenvalue weighted by Gasteiger charge is 2.29. The lowest BCUT2D eigenvalue weighted by Gasteiger charge is -2.29. The number of nitrogens with zero attached hydrogens (tertiary/aromatic N) is 1. The van der Waals surface area contributed by atoms with Gasteiger partial charge in [-0.2, -0.15) is 0 Å². The third kappa shape index (κ3) is 5.62. The Kier molecular flexibility index (Phi) is 6.60. The summed E-state index contributed by atoms with van der Waals surface area (Å²) in [5, 5.41) is 11.7. The summed E-state index contributed by atoms with van der Waals surface area (Å²) in [5.74, 6) is -1.87. The Labute approximate surface area is 125 Å². The van der Waals surface area contributed by atoms with Gasteiger partial charge in [-0.05, 0) is 19.3 Å². The van der Waals surface area contributed by atoms with E-state index in [0.29, 0.717) is 32.4 Å². The molecule has 0 spiro atoms. The molecule has 1 atom stereocenters. The van der Waals surface area contributed by atoms with Crippen LogP contribution in [-0.4, -0.2) is 55.6 Å². The maximum Gasteiger partial charge on any atom is 0.308 e. The molecule has 1 aliphatic rings. The third-order valence-corrected chi connectivity index (χ3v) is 5.11. The molecule has 1 rings (SSSR count). The van der Waals surface area contributed by atoms with E-state index in [1.807, 2.05) is 6.92 Å². The Morgan fingerprint density at radius 2 is 1.90 bits per heavy atom. The summed E-state index contributed by atoms with van der Waals surface area (Å²) in [6, 6.07) is 0. The Morgan fingerprint density at radius 3 is 2.33 bits per heavy atom. The van der Waals surface area contributed by atoms with Crippen molar-refractivity contribution < 1.29 is 23.1 Å². The van der Waals surface area contributed by atoms with Crippen LogP contribution >= 0.6 is 0 Å².